The van der Waals surface area contributed by atoms with Gasteiger partial charge in [-0.2, -0.15) is 0 Å². The largest absolute Gasteiger partial charge is 0.481 e. The zero-order valence-corrected chi connectivity index (χ0v) is 14.0. The summed E-state index contributed by atoms with van der Waals surface area (Å²) in [6, 6.07) is -2.77. The molecule has 0 spiro atoms. The molecule has 0 aromatic rings. The van der Waals surface area contributed by atoms with Gasteiger partial charge in [0.15, 0.2) is 0 Å². The number of hydrogen-bond donors (Lipinski definition) is 4. The lowest BCUT2D eigenvalue weighted by Crippen LogP contribution is -2.54. The lowest BCUT2D eigenvalue weighted by molar-refractivity contribution is -0.146. The minimum absolute atomic E-state index is 0.177. The highest BCUT2D eigenvalue weighted by Gasteiger charge is 2.38. The fourth-order valence-electron chi connectivity index (χ4n) is 3.51. The fourth-order valence-corrected chi connectivity index (χ4v) is 3.51. The Bertz CT molecular complexity index is 552. The monoisotopic (exact) mass is 355 g/mol. The number of nitrogens with one attached hydrogen (secondary N) is 1. The number of nitrogens with zero attached hydrogens (tertiary/aromatic N) is 1. The smallest absolute Gasteiger partial charge is 0.326 e. The molecule has 9 nitrogen and oxygen atoms in total. The highest BCUT2D eigenvalue weighted by atomic mass is 16.4. The van der Waals surface area contributed by atoms with E-state index in [4.69, 9.17) is 5.73 Å². The summed E-state index contributed by atoms with van der Waals surface area (Å²) in [7, 11) is 0. The SMILES string of the molecule is N[C@H]1CCCC[C@H](C(=O)O)C[C@@H](C(=O)O)NC(=O)[C@@H]2CCCN2C1=O. The number of carboxylic acids is 2. The molecule has 2 saturated heterocycles. The Labute approximate surface area is 145 Å². The molecule has 0 unspecified atom stereocenters. The van der Waals surface area contributed by atoms with Crippen molar-refractivity contribution in [3.63, 3.8) is 0 Å². The summed E-state index contributed by atoms with van der Waals surface area (Å²) in [4.78, 5) is 49.2. The summed E-state index contributed by atoms with van der Waals surface area (Å²) < 4.78 is 0. The third-order valence-electron chi connectivity index (χ3n) is 4.96. The van der Waals surface area contributed by atoms with Crippen LogP contribution in [0.5, 0.6) is 0 Å². The average Bonchev–Trinajstić information content (AvgIpc) is 3.03. The van der Waals surface area contributed by atoms with Crippen LogP contribution >= 0.6 is 0 Å². The van der Waals surface area contributed by atoms with E-state index in [1.807, 2.05) is 0 Å². The summed E-state index contributed by atoms with van der Waals surface area (Å²) in [5.41, 5.74) is 5.94. The molecule has 25 heavy (non-hydrogen) atoms. The van der Waals surface area contributed by atoms with Gasteiger partial charge in [0.1, 0.15) is 12.1 Å². The fraction of sp³-hybridized carbons (Fsp3) is 0.750. The number of fused-ring (bicyclic) bond motifs is 1. The number of nitrogens with two attached hydrogens (primary N) is 1. The second-order valence-electron chi connectivity index (χ2n) is 6.75. The van der Waals surface area contributed by atoms with Gasteiger partial charge in [-0.3, -0.25) is 14.4 Å². The Hall–Kier alpha value is -2.16. The molecular formula is C16H25N3O6. The Kier molecular flexibility index (Phi) is 6.35. The number of carbonyl (C=O) groups is 4. The van der Waals surface area contributed by atoms with Crippen LogP contribution in [0.3, 0.4) is 0 Å². The third kappa shape index (κ3) is 4.68. The zero-order chi connectivity index (χ0) is 18.6. The minimum Gasteiger partial charge on any atom is -0.481 e. The van der Waals surface area contributed by atoms with Crippen LogP contribution in [0.25, 0.3) is 0 Å². The Morgan fingerprint density at radius 1 is 1.04 bits per heavy atom. The van der Waals surface area contributed by atoms with E-state index in [1.165, 1.54) is 4.90 Å². The zero-order valence-electron chi connectivity index (χ0n) is 14.0. The molecule has 2 rings (SSSR count). The number of rotatable bonds is 2. The highest BCUT2D eigenvalue weighted by Crippen LogP contribution is 2.22. The number of carbonyl (C=O) groups excluding carboxylic acids is 2. The highest BCUT2D eigenvalue weighted by molar-refractivity contribution is 5.92. The van der Waals surface area contributed by atoms with Crippen molar-refractivity contribution in [2.24, 2.45) is 11.7 Å². The van der Waals surface area contributed by atoms with E-state index in [2.05, 4.69) is 5.32 Å². The Balaban J connectivity index is 2.24. The van der Waals surface area contributed by atoms with Crippen LogP contribution in [0.4, 0.5) is 0 Å². The summed E-state index contributed by atoms with van der Waals surface area (Å²) in [6.07, 6.45) is 2.71. The third-order valence-corrected chi connectivity index (χ3v) is 4.96. The molecule has 2 heterocycles. The topological polar surface area (TPSA) is 150 Å². The van der Waals surface area contributed by atoms with Crippen molar-refractivity contribution < 1.29 is 29.4 Å². The van der Waals surface area contributed by atoms with E-state index in [-0.39, 0.29) is 18.7 Å². The number of aliphatic carboxylic acids is 2. The van der Waals surface area contributed by atoms with Gasteiger partial charge in [-0.05, 0) is 32.1 Å². The first-order chi connectivity index (χ1) is 11.8. The first-order valence-electron chi connectivity index (χ1n) is 8.63. The molecule has 0 radical (unpaired) electrons. The van der Waals surface area contributed by atoms with E-state index < -0.39 is 41.9 Å². The Morgan fingerprint density at radius 2 is 1.72 bits per heavy atom. The summed E-state index contributed by atoms with van der Waals surface area (Å²) >= 11 is 0. The summed E-state index contributed by atoms with van der Waals surface area (Å²) in [5, 5.41) is 21.1. The summed E-state index contributed by atoms with van der Waals surface area (Å²) in [5.74, 6) is -4.10. The van der Waals surface area contributed by atoms with Crippen LogP contribution < -0.4 is 11.1 Å². The minimum atomic E-state index is -1.29. The van der Waals surface area contributed by atoms with Crippen molar-refractivity contribution in [2.45, 2.75) is 63.1 Å². The van der Waals surface area contributed by atoms with Crippen molar-refractivity contribution in [3.05, 3.63) is 0 Å². The maximum atomic E-state index is 12.5. The molecule has 9 heteroatoms. The van der Waals surface area contributed by atoms with Crippen LogP contribution in [-0.4, -0.2) is 63.5 Å². The van der Waals surface area contributed by atoms with Crippen molar-refractivity contribution in [3.8, 4) is 0 Å². The second kappa shape index (κ2) is 8.28. The van der Waals surface area contributed by atoms with E-state index in [1.54, 1.807) is 0 Å². The molecule has 0 saturated carbocycles. The molecule has 2 aliphatic rings. The molecule has 0 aliphatic carbocycles. The first kappa shape index (κ1) is 19.2. The summed E-state index contributed by atoms with van der Waals surface area (Å²) in [6.45, 7) is 0.417. The molecular weight excluding hydrogens is 330 g/mol. The van der Waals surface area contributed by atoms with Gasteiger partial charge in [0, 0.05) is 6.54 Å². The van der Waals surface area contributed by atoms with E-state index in [0.29, 0.717) is 38.6 Å². The maximum absolute atomic E-state index is 12.5. The van der Waals surface area contributed by atoms with Gasteiger partial charge in [0.05, 0.1) is 12.0 Å². The van der Waals surface area contributed by atoms with Crippen molar-refractivity contribution >= 4 is 23.8 Å². The molecule has 5 N–H and O–H groups in total. The van der Waals surface area contributed by atoms with Crippen LogP contribution in [0.2, 0.25) is 0 Å². The van der Waals surface area contributed by atoms with Gasteiger partial charge in [-0.25, -0.2) is 4.79 Å². The van der Waals surface area contributed by atoms with E-state index in [9.17, 15) is 29.4 Å². The van der Waals surface area contributed by atoms with Crippen LogP contribution in [-0.2, 0) is 19.2 Å². The number of carboxylic acid groups (broad SMARTS) is 2. The lowest BCUT2D eigenvalue weighted by atomic mass is 9.93. The van der Waals surface area contributed by atoms with Crippen molar-refractivity contribution in [2.75, 3.05) is 6.54 Å². The predicted octanol–water partition coefficient (Wildman–Crippen LogP) is -0.461. The lowest BCUT2D eigenvalue weighted by Gasteiger charge is -2.27. The Morgan fingerprint density at radius 3 is 2.36 bits per heavy atom. The quantitative estimate of drug-likeness (QED) is 0.523. The molecule has 0 aromatic heterocycles. The van der Waals surface area contributed by atoms with Gasteiger partial charge in [-0.1, -0.05) is 12.8 Å². The van der Waals surface area contributed by atoms with Crippen molar-refractivity contribution in [1.82, 2.24) is 10.2 Å². The van der Waals surface area contributed by atoms with Gasteiger partial charge in [0.2, 0.25) is 11.8 Å². The molecule has 0 aromatic carbocycles. The van der Waals surface area contributed by atoms with Gasteiger partial charge >= 0.3 is 11.9 Å². The number of amides is 2. The number of hydrogen-bond acceptors (Lipinski definition) is 5. The maximum Gasteiger partial charge on any atom is 0.326 e. The van der Waals surface area contributed by atoms with E-state index in [0.717, 1.165) is 0 Å². The van der Waals surface area contributed by atoms with Gasteiger partial charge < -0.3 is 26.2 Å². The molecule has 140 valence electrons. The molecule has 0 bridgehead atoms. The molecule has 2 amide bonds. The normalized spacial score (nSPS) is 32.0. The average molecular weight is 355 g/mol. The first-order valence-corrected chi connectivity index (χ1v) is 8.63. The predicted molar refractivity (Wildman–Crippen MR) is 86.5 cm³/mol. The standard InChI is InChI=1S/C16H25N3O6/c17-10-5-2-1-4-9(15(22)23)8-11(16(24)25)18-13(20)12-6-3-7-19(12)14(10)21/h9-12H,1-8,17H2,(H,18,20)(H,22,23)(H,24,25)/t9-,10-,11-,12-/m0/s1. The molecule has 2 aliphatic heterocycles. The van der Waals surface area contributed by atoms with E-state index >= 15 is 0 Å². The van der Waals surface area contributed by atoms with Gasteiger partial charge in [-0.15, -0.1) is 0 Å². The molecule has 2 fully saturated rings. The van der Waals surface area contributed by atoms with Crippen LogP contribution in [0.15, 0.2) is 0 Å². The van der Waals surface area contributed by atoms with Gasteiger partial charge in [0.25, 0.3) is 0 Å². The van der Waals surface area contributed by atoms with Crippen molar-refractivity contribution in [1.29, 1.82) is 0 Å². The molecule has 4 atom stereocenters. The second-order valence-corrected chi connectivity index (χ2v) is 6.75. The van der Waals surface area contributed by atoms with Crippen LogP contribution in [0, 0.1) is 5.92 Å². The van der Waals surface area contributed by atoms with Crippen LogP contribution in [0.1, 0.15) is 44.9 Å².